The number of ether oxygens (including phenoxy) is 4. The summed E-state index contributed by atoms with van der Waals surface area (Å²) in [5, 5.41) is 10.6. The van der Waals surface area contributed by atoms with Crippen LogP contribution in [0.5, 0.6) is 0 Å². The summed E-state index contributed by atoms with van der Waals surface area (Å²) in [7, 11) is -9.92. The summed E-state index contributed by atoms with van der Waals surface area (Å²) in [5.74, 6) is -0.566. The van der Waals surface area contributed by atoms with Gasteiger partial charge >= 0.3 is 39.5 Å². The van der Waals surface area contributed by atoms with Crippen LogP contribution in [0.3, 0.4) is 0 Å². The van der Waals surface area contributed by atoms with Gasteiger partial charge in [0.2, 0.25) is 0 Å². The molecule has 2 unspecified atom stereocenters. The van der Waals surface area contributed by atoms with Crippen LogP contribution in [0, 0.1) is 11.8 Å². The van der Waals surface area contributed by atoms with Crippen molar-refractivity contribution in [3.05, 3.63) is 24.3 Å². The lowest BCUT2D eigenvalue weighted by Gasteiger charge is -2.21. The Bertz CT molecular complexity index is 1970. The molecule has 0 rings (SSSR count). The van der Waals surface area contributed by atoms with E-state index in [2.05, 4.69) is 65.8 Å². The Balaban J connectivity index is 5.20. The Morgan fingerprint density at radius 1 is 0.320 bits per heavy atom. The van der Waals surface area contributed by atoms with E-state index in [0.717, 1.165) is 134 Å². The van der Waals surface area contributed by atoms with Crippen LogP contribution >= 0.6 is 15.6 Å². The molecule has 0 saturated carbocycles. The van der Waals surface area contributed by atoms with Gasteiger partial charge in [0.1, 0.15) is 19.3 Å². The number of hydrogen-bond acceptors (Lipinski definition) is 15. The number of phosphoric ester groups is 2. The molecule has 0 aromatic heterocycles. The second-order valence-electron chi connectivity index (χ2n) is 28.4. The Morgan fingerprint density at radius 3 is 0.845 bits per heavy atom. The molecule has 97 heavy (non-hydrogen) atoms. The fourth-order valence-corrected chi connectivity index (χ4v) is 13.0. The Labute approximate surface area is 592 Å². The largest absolute Gasteiger partial charge is 0.472 e. The SMILES string of the molecule is CCCCCC/C=C\C=C/CCCCCCCC(=O)OC[C@H](COP(=O)(O)OC[C@@H](O)COP(=O)(O)OC[C@@H](COC(=O)CCCCCCCCC)OC(=O)CCCCCCCCCCCCCC(C)C)OC(=O)CCCCCCCCCCCCCCCCCCCCC(C)C. The van der Waals surface area contributed by atoms with E-state index in [0.29, 0.717) is 25.7 Å². The highest BCUT2D eigenvalue weighted by molar-refractivity contribution is 7.47. The Hall–Kier alpha value is -2.46. The minimum Gasteiger partial charge on any atom is -0.462 e. The van der Waals surface area contributed by atoms with E-state index in [1.54, 1.807) is 0 Å². The first-order chi connectivity index (χ1) is 46.9. The van der Waals surface area contributed by atoms with Crippen molar-refractivity contribution in [2.24, 2.45) is 11.8 Å². The lowest BCUT2D eigenvalue weighted by atomic mass is 10.0. The van der Waals surface area contributed by atoms with Crippen molar-refractivity contribution in [1.29, 1.82) is 0 Å². The predicted molar refractivity (Wildman–Crippen MR) is 395 cm³/mol. The summed E-state index contributed by atoms with van der Waals surface area (Å²) in [6.45, 7) is 9.53. The predicted octanol–water partition coefficient (Wildman–Crippen LogP) is 22.7. The molecule has 0 aromatic rings. The van der Waals surface area contributed by atoms with Crippen LogP contribution in [0.15, 0.2) is 24.3 Å². The Kier molecular flexibility index (Phi) is 67.5. The van der Waals surface area contributed by atoms with Crippen LogP contribution in [0.4, 0.5) is 0 Å². The van der Waals surface area contributed by atoms with Gasteiger partial charge in [0.15, 0.2) is 12.2 Å². The number of esters is 4. The lowest BCUT2D eigenvalue weighted by molar-refractivity contribution is -0.161. The molecule has 5 atom stereocenters. The minimum absolute atomic E-state index is 0.101. The fraction of sp³-hybridized carbons (Fsp3) is 0.897. The number of carbonyl (C=O) groups excluding carboxylic acids is 4. The van der Waals surface area contributed by atoms with Crippen LogP contribution < -0.4 is 0 Å². The van der Waals surface area contributed by atoms with Gasteiger partial charge in [0.25, 0.3) is 0 Å². The zero-order valence-electron chi connectivity index (χ0n) is 62.9. The van der Waals surface area contributed by atoms with Crippen molar-refractivity contribution in [1.82, 2.24) is 0 Å². The van der Waals surface area contributed by atoms with E-state index in [1.807, 2.05) is 0 Å². The topological polar surface area (TPSA) is 237 Å². The van der Waals surface area contributed by atoms with E-state index in [9.17, 15) is 43.2 Å². The van der Waals surface area contributed by atoms with Gasteiger partial charge < -0.3 is 33.8 Å². The smallest absolute Gasteiger partial charge is 0.462 e. The number of allylic oxidation sites excluding steroid dienone is 4. The van der Waals surface area contributed by atoms with Crippen LogP contribution in [-0.4, -0.2) is 96.7 Å². The summed E-state index contributed by atoms with van der Waals surface area (Å²) < 4.78 is 68.4. The summed E-state index contributed by atoms with van der Waals surface area (Å²) in [6, 6.07) is 0. The van der Waals surface area contributed by atoms with Crippen LogP contribution in [-0.2, 0) is 65.4 Å². The van der Waals surface area contributed by atoms with Crippen molar-refractivity contribution in [2.75, 3.05) is 39.6 Å². The van der Waals surface area contributed by atoms with E-state index >= 15 is 0 Å². The molecule has 0 spiro atoms. The third kappa shape index (κ3) is 71.7. The molecule has 0 radical (unpaired) electrons. The zero-order valence-corrected chi connectivity index (χ0v) is 64.7. The molecule has 0 heterocycles. The van der Waals surface area contributed by atoms with Gasteiger partial charge in [-0.05, 0) is 63.2 Å². The molecule has 19 heteroatoms. The third-order valence-corrected chi connectivity index (χ3v) is 19.5. The highest BCUT2D eigenvalue weighted by atomic mass is 31.2. The molecule has 17 nitrogen and oxygen atoms in total. The monoisotopic (exact) mass is 1420 g/mol. The zero-order chi connectivity index (χ0) is 71.4. The molecule has 0 aliphatic carbocycles. The quantitative estimate of drug-likeness (QED) is 0.0169. The maximum Gasteiger partial charge on any atom is 0.472 e. The average molecular weight is 1420 g/mol. The van der Waals surface area contributed by atoms with Crippen molar-refractivity contribution in [2.45, 2.75) is 400 Å². The van der Waals surface area contributed by atoms with Crippen molar-refractivity contribution in [3.63, 3.8) is 0 Å². The van der Waals surface area contributed by atoms with Gasteiger partial charge in [-0.2, -0.15) is 0 Å². The fourth-order valence-electron chi connectivity index (χ4n) is 11.5. The molecular weight excluding hydrogens is 1270 g/mol. The molecule has 0 aliphatic heterocycles. The van der Waals surface area contributed by atoms with Crippen molar-refractivity contribution >= 4 is 39.5 Å². The van der Waals surface area contributed by atoms with Gasteiger partial charge in [-0.1, -0.05) is 329 Å². The first kappa shape index (κ1) is 94.5. The molecule has 0 saturated heterocycles. The minimum atomic E-state index is -4.97. The molecule has 0 aromatic carbocycles. The summed E-state index contributed by atoms with van der Waals surface area (Å²) in [6.07, 6.45) is 60.7. The van der Waals surface area contributed by atoms with Gasteiger partial charge in [0.05, 0.1) is 26.4 Å². The molecule has 3 N–H and O–H groups in total. The van der Waals surface area contributed by atoms with E-state index in [-0.39, 0.29) is 25.7 Å². The van der Waals surface area contributed by atoms with Gasteiger partial charge in [-0.3, -0.25) is 37.3 Å². The normalized spacial score (nSPS) is 14.1. The Morgan fingerprint density at radius 2 is 0.557 bits per heavy atom. The van der Waals surface area contributed by atoms with Crippen molar-refractivity contribution in [3.8, 4) is 0 Å². The highest BCUT2D eigenvalue weighted by Gasteiger charge is 2.30. The number of rotatable bonds is 75. The highest BCUT2D eigenvalue weighted by Crippen LogP contribution is 2.45. The van der Waals surface area contributed by atoms with Crippen molar-refractivity contribution < 1.29 is 80.2 Å². The number of phosphoric acid groups is 2. The summed E-state index contributed by atoms with van der Waals surface area (Å²) >= 11 is 0. The number of aliphatic hydroxyl groups is 1. The van der Waals surface area contributed by atoms with E-state index in [4.69, 9.17) is 37.0 Å². The molecular formula is C78H148O17P2. The molecule has 0 bridgehead atoms. The first-order valence-corrected chi connectivity index (χ1v) is 42.8. The summed E-state index contributed by atoms with van der Waals surface area (Å²) in [5.41, 5.74) is 0. The second kappa shape index (κ2) is 69.3. The van der Waals surface area contributed by atoms with Gasteiger partial charge in [-0.15, -0.1) is 0 Å². The first-order valence-electron chi connectivity index (χ1n) is 39.8. The second-order valence-corrected chi connectivity index (χ2v) is 31.3. The number of carbonyl (C=O) groups is 4. The number of hydrogen-bond donors (Lipinski definition) is 3. The molecule has 572 valence electrons. The number of unbranched alkanes of at least 4 members (excludes halogenated alkanes) is 42. The standard InChI is InChI=1S/C78H148O17P2/c1-7-9-11-13-15-16-17-18-23-27-32-37-43-49-55-61-76(81)89-67-74(95-77(82)62-56-50-44-38-33-28-25-22-20-19-21-24-26-30-35-41-46-52-58-70(3)4)69-93-97(86,87)91-65-72(79)64-90-96(84,85)92-68-73(66-88-75(80)60-54-48-40-14-12-10-8-2)94-78(83)63-57-51-45-39-34-29-31-36-42-47-53-59-71(5)6/h16-18,23,70-74,79H,7-15,19-22,24-69H2,1-6H3,(H,84,85)(H,86,87)/b17-16-,23-18-/t72-,73+,74+/m0/s1. The maximum atomic E-state index is 13.1. The van der Waals surface area contributed by atoms with Crippen LogP contribution in [0.1, 0.15) is 382 Å². The molecule has 0 aliphatic rings. The summed E-state index contributed by atoms with van der Waals surface area (Å²) in [4.78, 5) is 72.7. The van der Waals surface area contributed by atoms with Crippen LogP contribution in [0.25, 0.3) is 0 Å². The third-order valence-electron chi connectivity index (χ3n) is 17.6. The molecule has 0 fully saturated rings. The number of aliphatic hydroxyl groups excluding tert-OH is 1. The van der Waals surface area contributed by atoms with Gasteiger partial charge in [0, 0.05) is 25.7 Å². The molecule has 0 amide bonds. The van der Waals surface area contributed by atoms with E-state index in [1.165, 1.54) is 167 Å². The van der Waals surface area contributed by atoms with Crippen LogP contribution in [0.2, 0.25) is 0 Å². The average Bonchev–Trinajstić information content (AvgIpc) is 1.70. The van der Waals surface area contributed by atoms with Gasteiger partial charge in [-0.25, -0.2) is 9.13 Å². The van der Waals surface area contributed by atoms with E-state index < -0.39 is 97.5 Å². The maximum absolute atomic E-state index is 13.1. The lowest BCUT2D eigenvalue weighted by Crippen LogP contribution is -2.30.